The number of rotatable bonds is 4. The number of pyridine rings is 1. The second kappa shape index (κ2) is 8.30. The van der Waals surface area contributed by atoms with Gasteiger partial charge in [0, 0.05) is 29.9 Å². The molecule has 1 unspecified atom stereocenters. The van der Waals surface area contributed by atoms with E-state index in [2.05, 4.69) is 16.0 Å². The first-order chi connectivity index (χ1) is 15.2. The van der Waals surface area contributed by atoms with E-state index in [1.807, 2.05) is 30.3 Å². The lowest BCUT2D eigenvalue weighted by Gasteiger charge is -2.24. The maximum atomic E-state index is 12.6. The summed E-state index contributed by atoms with van der Waals surface area (Å²) in [6.07, 6.45) is 2.27. The summed E-state index contributed by atoms with van der Waals surface area (Å²) in [5, 5.41) is 8.94. The minimum atomic E-state index is -0.320. The third-order valence-corrected chi connectivity index (χ3v) is 5.49. The van der Waals surface area contributed by atoms with Gasteiger partial charge in [0.2, 0.25) is 5.88 Å². The highest BCUT2D eigenvalue weighted by Gasteiger charge is 2.21. The minimum absolute atomic E-state index is 0.162. The number of nitrogens with zero attached hydrogens (tertiary/aromatic N) is 4. The van der Waals surface area contributed by atoms with E-state index >= 15 is 0 Å². The average Bonchev–Trinajstić information content (AvgIpc) is 2.83. The number of nitriles is 1. The van der Waals surface area contributed by atoms with Crippen LogP contribution in [0.3, 0.4) is 0 Å². The third kappa shape index (κ3) is 3.93. The van der Waals surface area contributed by atoms with Crippen LogP contribution in [-0.4, -0.2) is 47.1 Å². The Balaban J connectivity index is 1.43. The Morgan fingerprint density at radius 1 is 1.19 bits per heavy atom. The molecule has 3 aromatic rings. The second-order valence-corrected chi connectivity index (χ2v) is 7.46. The molecular weight excluding hydrogens is 396 g/mol. The predicted molar refractivity (Wildman–Crippen MR) is 112 cm³/mol. The van der Waals surface area contributed by atoms with Crippen molar-refractivity contribution in [1.29, 1.82) is 5.26 Å². The molecule has 5 rings (SSSR count). The Kier molecular flexibility index (Phi) is 5.20. The largest absolute Gasteiger partial charge is 0.475 e. The van der Waals surface area contributed by atoms with Crippen LogP contribution in [0.25, 0.3) is 22.4 Å². The smallest absolute Gasteiger partial charge is 0.351 e. The predicted octanol–water partition coefficient (Wildman–Crippen LogP) is 2.19. The number of aryl methyl sites for hydroxylation is 1. The standard InChI is InChI=1S/C23H20N4O4/c24-11-18-3-1-17(12-25-18)15-2-4-20-16(9-15)5-6-27-21(20)10-22(26-23(27)28)31-14-19-13-29-7-8-30-19/h1-4,9-10,12,19H,5-8,13-14H2. The molecule has 31 heavy (non-hydrogen) atoms. The molecule has 2 aromatic heterocycles. The molecule has 0 bridgehead atoms. The first-order valence-electron chi connectivity index (χ1n) is 10.1. The number of ether oxygens (including phenoxy) is 3. The van der Waals surface area contributed by atoms with E-state index in [0.29, 0.717) is 37.9 Å². The molecule has 1 atom stereocenters. The Hall–Kier alpha value is -3.54. The average molecular weight is 416 g/mol. The molecule has 0 aliphatic carbocycles. The summed E-state index contributed by atoms with van der Waals surface area (Å²) in [6, 6.07) is 13.6. The van der Waals surface area contributed by atoms with Gasteiger partial charge in [-0.25, -0.2) is 9.78 Å². The molecule has 0 radical (unpaired) electrons. The summed E-state index contributed by atoms with van der Waals surface area (Å²) >= 11 is 0. The van der Waals surface area contributed by atoms with E-state index in [9.17, 15) is 4.79 Å². The molecule has 0 spiro atoms. The normalized spacial score (nSPS) is 17.3. The number of hydrogen-bond donors (Lipinski definition) is 0. The van der Waals surface area contributed by atoms with E-state index in [1.54, 1.807) is 16.8 Å². The van der Waals surface area contributed by atoms with E-state index in [-0.39, 0.29) is 18.4 Å². The van der Waals surface area contributed by atoms with Gasteiger partial charge in [-0.15, -0.1) is 0 Å². The summed E-state index contributed by atoms with van der Waals surface area (Å²) in [6.45, 7) is 2.45. The van der Waals surface area contributed by atoms with Gasteiger partial charge < -0.3 is 14.2 Å². The monoisotopic (exact) mass is 416 g/mol. The van der Waals surface area contributed by atoms with Gasteiger partial charge >= 0.3 is 5.69 Å². The van der Waals surface area contributed by atoms with Crippen LogP contribution >= 0.6 is 0 Å². The van der Waals surface area contributed by atoms with Crippen molar-refractivity contribution in [1.82, 2.24) is 14.5 Å². The van der Waals surface area contributed by atoms with Gasteiger partial charge in [0.1, 0.15) is 24.5 Å². The Bertz CT molecular complexity index is 1210. The zero-order valence-corrected chi connectivity index (χ0v) is 16.8. The molecule has 4 heterocycles. The van der Waals surface area contributed by atoms with Crippen molar-refractivity contribution in [3.63, 3.8) is 0 Å². The second-order valence-electron chi connectivity index (χ2n) is 7.46. The van der Waals surface area contributed by atoms with Crippen molar-refractivity contribution in [2.24, 2.45) is 0 Å². The summed E-state index contributed by atoms with van der Waals surface area (Å²) in [5.74, 6) is 0.290. The molecule has 8 nitrogen and oxygen atoms in total. The maximum Gasteiger partial charge on any atom is 0.351 e. The van der Waals surface area contributed by atoms with Crippen molar-refractivity contribution in [2.75, 3.05) is 26.4 Å². The van der Waals surface area contributed by atoms with Crippen LogP contribution in [-0.2, 0) is 22.4 Å². The number of hydrogen-bond acceptors (Lipinski definition) is 7. The number of aromatic nitrogens is 3. The highest BCUT2D eigenvalue weighted by Crippen LogP contribution is 2.33. The highest BCUT2D eigenvalue weighted by atomic mass is 16.6. The first kappa shape index (κ1) is 19.4. The van der Waals surface area contributed by atoms with Crippen molar-refractivity contribution in [2.45, 2.75) is 19.1 Å². The van der Waals surface area contributed by atoms with Crippen LogP contribution in [0.15, 0.2) is 47.4 Å². The lowest BCUT2D eigenvalue weighted by Crippen LogP contribution is -2.34. The van der Waals surface area contributed by atoms with E-state index < -0.39 is 0 Å². The van der Waals surface area contributed by atoms with Crippen molar-refractivity contribution < 1.29 is 14.2 Å². The lowest BCUT2D eigenvalue weighted by molar-refractivity contribution is -0.102. The van der Waals surface area contributed by atoms with Crippen LogP contribution in [0.5, 0.6) is 5.88 Å². The highest BCUT2D eigenvalue weighted by molar-refractivity contribution is 5.73. The van der Waals surface area contributed by atoms with Gasteiger partial charge in [0.05, 0.1) is 25.5 Å². The van der Waals surface area contributed by atoms with Crippen LogP contribution in [0, 0.1) is 11.3 Å². The molecule has 0 N–H and O–H groups in total. The summed E-state index contributed by atoms with van der Waals surface area (Å²) in [4.78, 5) is 20.8. The van der Waals surface area contributed by atoms with E-state index in [0.717, 1.165) is 34.4 Å². The summed E-state index contributed by atoms with van der Waals surface area (Å²) in [5.41, 5.74) is 4.95. The zero-order chi connectivity index (χ0) is 21.2. The molecule has 1 fully saturated rings. The summed E-state index contributed by atoms with van der Waals surface area (Å²) < 4.78 is 18.4. The third-order valence-electron chi connectivity index (χ3n) is 5.49. The SMILES string of the molecule is N#Cc1ccc(-c2ccc3c(c2)CCn2c-3cc(OCC3COCCO3)nc2=O)cn1. The zero-order valence-electron chi connectivity index (χ0n) is 16.8. The molecule has 0 amide bonds. The molecule has 156 valence electrons. The van der Waals surface area contributed by atoms with Crippen molar-refractivity contribution >= 4 is 0 Å². The van der Waals surface area contributed by atoms with Gasteiger partial charge in [-0.05, 0) is 29.7 Å². The molecule has 1 aromatic carbocycles. The van der Waals surface area contributed by atoms with E-state index in [1.165, 1.54) is 0 Å². The molecular formula is C23H20N4O4. The lowest BCUT2D eigenvalue weighted by atomic mass is 9.93. The first-order valence-corrected chi connectivity index (χ1v) is 10.1. The van der Waals surface area contributed by atoms with Crippen LogP contribution in [0.4, 0.5) is 0 Å². The van der Waals surface area contributed by atoms with Crippen molar-refractivity contribution in [3.8, 4) is 34.3 Å². The molecule has 2 aliphatic rings. The molecule has 2 aliphatic heterocycles. The van der Waals surface area contributed by atoms with Gasteiger partial charge in [-0.3, -0.25) is 4.57 Å². The fourth-order valence-electron chi connectivity index (χ4n) is 3.90. The van der Waals surface area contributed by atoms with Gasteiger partial charge in [0.15, 0.2) is 0 Å². The molecule has 0 saturated carbocycles. The van der Waals surface area contributed by atoms with E-state index in [4.69, 9.17) is 19.5 Å². The van der Waals surface area contributed by atoms with Crippen LogP contribution in [0.1, 0.15) is 11.3 Å². The van der Waals surface area contributed by atoms with Gasteiger partial charge in [-0.2, -0.15) is 10.2 Å². The minimum Gasteiger partial charge on any atom is -0.475 e. The van der Waals surface area contributed by atoms with Gasteiger partial charge in [0.25, 0.3) is 0 Å². The fraction of sp³-hybridized carbons (Fsp3) is 0.304. The number of benzene rings is 1. The Morgan fingerprint density at radius 2 is 2.10 bits per heavy atom. The van der Waals surface area contributed by atoms with Crippen LogP contribution in [0.2, 0.25) is 0 Å². The van der Waals surface area contributed by atoms with Gasteiger partial charge in [-0.1, -0.05) is 18.2 Å². The Labute approximate surface area is 178 Å². The molecule has 1 saturated heterocycles. The topological polar surface area (TPSA) is 99.3 Å². The fourth-order valence-corrected chi connectivity index (χ4v) is 3.90. The van der Waals surface area contributed by atoms with Crippen molar-refractivity contribution in [3.05, 3.63) is 64.3 Å². The number of fused-ring (bicyclic) bond motifs is 3. The quantitative estimate of drug-likeness (QED) is 0.643. The molecule has 8 heteroatoms. The Morgan fingerprint density at radius 3 is 2.87 bits per heavy atom. The summed E-state index contributed by atoms with van der Waals surface area (Å²) in [7, 11) is 0. The maximum absolute atomic E-state index is 12.6. The van der Waals surface area contributed by atoms with Crippen LogP contribution < -0.4 is 10.4 Å².